The van der Waals surface area contributed by atoms with Crippen LogP contribution in [0.4, 0.5) is 0 Å². The Balaban J connectivity index is 1.80. The first kappa shape index (κ1) is 27.0. The molecule has 190 valence electrons. The highest BCUT2D eigenvalue weighted by molar-refractivity contribution is 5.88. The largest absolute Gasteiger partial charge is 0.494 e. The van der Waals surface area contributed by atoms with Crippen molar-refractivity contribution in [2.24, 2.45) is 5.92 Å². The number of aryl methyl sites for hydroxylation is 1. The summed E-state index contributed by atoms with van der Waals surface area (Å²) in [6, 6.07) is 26.9. The molecule has 3 aromatic carbocycles. The van der Waals surface area contributed by atoms with Gasteiger partial charge in [0.25, 0.3) is 0 Å². The highest BCUT2D eigenvalue weighted by atomic mass is 16.5. The zero-order chi connectivity index (χ0) is 25.8. The van der Waals surface area contributed by atoms with Crippen LogP contribution in [0.25, 0.3) is 0 Å². The summed E-state index contributed by atoms with van der Waals surface area (Å²) in [4.78, 5) is 28.9. The molecule has 0 radical (unpaired) electrons. The number of para-hydroxylation sites is 1. The minimum absolute atomic E-state index is 0.0458. The molecule has 3 aromatic rings. The van der Waals surface area contributed by atoms with E-state index in [0.717, 1.165) is 22.4 Å². The predicted octanol–water partition coefficient (Wildman–Crippen LogP) is 5.57. The van der Waals surface area contributed by atoms with Crippen LogP contribution < -0.4 is 10.1 Å². The average molecular weight is 487 g/mol. The Morgan fingerprint density at radius 3 is 2.19 bits per heavy atom. The van der Waals surface area contributed by atoms with Crippen LogP contribution in [-0.4, -0.2) is 35.9 Å². The van der Waals surface area contributed by atoms with E-state index >= 15 is 0 Å². The first-order valence-corrected chi connectivity index (χ1v) is 12.8. The van der Waals surface area contributed by atoms with E-state index < -0.39 is 6.04 Å². The molecule has 1 atom stereocenters. The summed E-state index contributed by atoms with van der Waals surface area (Å²) < 4.78 is 5.79. The molecule has 0 fully saturated rings. The topological polar surface area (TPSA) is 58.6 Å². The number of hydrogen-bond acceptors (Lipinski definition) is 3. The fourth-order valence-electron chi connectivity index (χ4n) is 4.02. The second-order valence-electron chi connectivity index (χ2n) is 9.56. The van der Waals surface area contributed by atoms with E-state index in [9.17, 15) is 9.59 Å². The molecule has 36 heavy (non-hydrogen) atoms. The summed E-state index contributed by atoms with van der Waals surface area (Å²) >= 11 is 0. The van der Waals surface area contributed by atoms with Crippen molar-refractivity contribution < 1.29 is 14.3 Å². The van der Waals surface area contributed by atoms with Gasteiger partial charge in [-0.05, 0) is 48.1 Å². The molecule has 0 aliphatic rings. The van der Waals surface area contributed by atoms with E-state index in [-0.39, 0.29) is 11.8 Å². The van der Waals surface area contributed by atoms with Crippen molar-refractivity contribution in [2.75, 3.05) is 13.2 Å². The lowest BCUT2D eigenvalue weighted by Crippen LogP contribution is -2.51. The SMILES string of the molecule is Cc1ccccc1CN(C(=O)CCCOc1ccccc1)C(Cc1ccccc1)C(=O)NCC(C)C. The zero-order valence-corrected chi connectivity index (χ0v) is 21.7. The number of rotatable bonds is 13. The lowest BCUT2D eigenvalue weighted by atomic mass is 10.0. The number of nitrogens with one attached hydrogen (secondary N) is 1. The van der Waals surface area contributed by atoms with Gasteiger partial charge in [-0.2, -0.15) is 0 Å². The van der Waals surface area contributed by atoms with Crippen LogP contribution in [-0.2, 0) is 22.6 Å². The lowest BCUT2D eigenvalue weighted by molar-refractivity contribution is -0.141. The van der Waals surface area contributed by atoms with Crippen LogP contribution in [0.3, 0.4) is 0 Å². The van der Waals surface area contributed by atoms with Crippen LogP contribution in [0.2, 0.25) is 0 Å². The predicted molar refractivity (Wildman–Crippen MR) is 145 cm³/mol. The maximum atomic E-state index is 13.6. The van der Waals surface area contributed by atoms with Gasteiger partial charge in [0.1, 0.15) is 11.8 Å². The van der Waals surface area contributed by atoms with Gasteiger partial charge in [0.15, 0.2) is 0 Å². The number of carbonyl (C=O) groups is 2. The Morgan fingerprint density at radius 1 is 0.889 bits per heavy atom. The number of carbonyl (C=O) groups excluding carboxylic acids is 2. The minimum Gasteiger partial charge on any atom is -0.494 e. The summed E-state index contributed by atoms with van der Waals surface area (Å²) in [5.74, 6) is 0.948. The van der Waals surface area contributed by atoms with Gasteiger partial charge in [0, 0.05) is 25.9 Å². The highest BCUT2D eigenvalue weighted by Crippen LogP contribution is 2.19. The van der Waals surface area contributed by atoms with E-state index in [0.29, 0.717) is 44.9 Å². The van der Waals surface area contributed by atoms with Gasteiger partial charge in [-0.1, -0.05) is 86.6 Å². The van der Waals surface area contributed by atoms with Crippen molar-refractivity contribution in [1.82, 2.24) is 10.2 Å². The van der Waals surface area contributed by atoms with E-state index in [2.05, 4.69) is 19.2 Å². The Labute approximate surface area is 215 Å². The van der Waals surface area contributed by atoms with Gasteiger partial charge in [-0.3, -0.25) is 9.59 Å². The molecular weight excluding hydrogens is 448 g/mol. The first-order chi connectivity index (χ1) is 17.4. The third-order valence-electron chi connectivity index (χ3n) is 6.10. The van der Waals surface area contributed by atoms with Gasteiger partial charge in [0.2, 0.25) is 11.8 Å². The van der Waals surface area contributed by atoms with E-state index in [1.54, 1.807) is 4.90 Å². The molecule has 0 saturated heterocycles. The minimum atomic E-state index is -0.603. The summed E-state index contributed by atoms with van der Waals surface area (Å²) in [5.41, 5.74) is 3.17. The molecule has 3 rings (SSSR count). The van der Waals surface area contributed by atoms with Crippen LogP contribution in [0, 0.1) is 12.8 Å². The Bertz CT molecular complexity index is 1080. The van der Waals surface area contributed by atoms with Gasteiger partial charge >= 0.3 is 0 Å². The number of amides is 2. The highest BCUT2D eigenvalue weighted by Gasteiger charge is 2.30. The number of nitrogens with zero attached hydrogens (tertiary/aromatic N) is 1. The fourth-order valence-corrected chi connectivity index (χ4v) is 4.02. The van der Waals surface area contributed by atoms with E-state index in [1.165, 1.54) is 0 Å². The van der Waals surface area contributed by atoms with Crippen molar-refractivity contribution in [3.8, 4) is 5.75 Å². The number of ether oxygens (including phenoxy) is 1. The monoisotopic (exact) mass is 486 g/mol. The molecule has 0 aliphatic heterocycles. The molecule has 0 heterocycles. The first-order valence-electron chi connectivity index (χ1n) is 12.8. The summed E-state index contributed by atoms with van der Waals surface area (Å²) in [6.07, 6.45) is 1.34. The van der Waals surface area contributed by atoms with Crippen LogP contribution in [0.15, 0.2) is 84.9 Å². The molecule has 1 N–H and O–H groups in total. The number of hydrogen-bond donors (Lipinski definition) is 1. The van der Waals surface area contributed by atoms with Crippen molar-refractivity contribution in [2.45, 2.75) is 52.6 Å². The maximum absolute atomic E-state index is 13.6. The van der Waals surface area contributed by atoms with Gasteiger partial charge < -0.3 is 15.0 Å². The third-order valence-corrected chi connectivity index (χ3v) is 6.10. The Kier molecular flexibility index (Phi) is 10.6. The lowest BCUT2D eigenvalue weighted by Gasteiger charge is -2.32. The van der Waals surface area contributed by atoms with Crippen molar-refractivity contribution in [1.29, 1.82) is 0 Å². The van der Waals surface area contributed by atoms with Gasteiger partial charge in [0.05, 0.1) is 6.61 Å². The normalized spacial score (nSPS) is 11.7. The molecule has 5 nitrogen and oxygen atoms in total. The fraction of sp³-hybridized carbons (Fsp3) is 0.355. The zero-order valence-electron chi connectivity index (χ0n) is 21.7. The summed E-state index contributed by atoms with van der Waals surface area (Å²) in [5, 5.41) is 3.07. The Morgan fingerprint density at radius 2 is 1.53 bits per heavy atom. The van der Waals surface area contributed by atoms with E-state index in [1.807, 2.05) is 91.9 Å². The standard InChI is InChI=1S/C31H38N2O3/c1-24(2)22-32-31(35)29(21-26-14-6-4-7-15-26)33(23-27-16-11-10-13-25(27)3)30(34)19-12-20-36-28-17-8-5-9-18-28/h4-11,13-18,24,29H,12,19-23H2,1-3H3,(H,32,35). The number of benzene rings is 3. The maximum Gasteiger partial charge on any atom is 0.243 e. The molecule has 0 aromatic heterocycles. The summed E-state index contributed by atoms with van der Waals surface area (Å²) in [7, 11) is 0. The average Bonchev–Trinajstić information content (AvgIpc) is 2.89. The van der Waals surface area contributed by atoms with Crippen LogP contribution in [0.1, 0.15) is 43.4 Å². The molecule has 2 amide bonds. The van der Waals surface area contributed by atoms with Gasteiger partial charge in [-0.25, -0.2) is 0 Å². The molecule has 0 saturated carbocycles. The quantitative estimate of drug-likeness (QED) is 0.322. The smallest absolute Gasteiger partial charge is 0.243 e. The second-order valence-corrected chi connectivity index (χ2v) is 9.56. The molecule has 5 heteroatoms. The summed E-state index contributed by atoms with van der Waals surface area (Å²) in [6.45, 7) is 7.57. The van der Waals surface area contributed by atoms with E-state index in [4.69, 9.17) is 4.74 Å². The molecule has 0 bridgehead atoms. The molecule has 0 aliphatic carbocycles. The molecular formula is C31H38N2O3. The van der Waals surface area contributed by atoms with Crippen molar-refractivity contribution in [3.63, 3.8) is 0 Å². The van der Waals surface area contributed by atoms with Crippen molar-refractivity contribution in [3.05, 3.63) is 102 Å². The molecule has 1 unspecified atom stereocenters. The van der Waals surface area contributed by atoms with Crippen LogP contribution >= 0.6 is 0 Å². The Hall–Kier alpha value is -3.60. The van der Waals surface area contributed by atoms with Crippen molar-refractivity contribution >= 4 is 11.8 Å². The van der Waals surface area contributed by atoms with Gasteiger partial charge in [-0.15, -0.1) is 0 Å². The third kappa shape index (κ3) is 8.56. The van der Waals surface area contributed by atoms with Crippen LogP contribution in [0.5, 0.6) is 5.75 Å². The second kappa shape index (κ2) is 14.1. The molecule has 0 spiro atoms.